The number of hydrogen-bond acceptors (Lipinski definition) is 3. The van der Waals surface area contributed by atoms with Crippen LogP contribution in [-0.2, 0) is 18.4 Å². The zero-order chi connectivity index (χ0) is 14.2. The molecule has 0 saturated heterocycles. The Bertz CT molecular complexity index is 676. The van der Waals surface area contributed by atoms with Crippen molar-refractivity contribution in [3.63, 3.8) is 0 Å². The van der Waals surface area contributed by atoms with Gasteiger partial charge in [0.25, 0.3) is 5.56 Å². The molecule has 0 fully saturated rings. The van der Waals surface area contributed by atoms with Gasteiger partial charge >= 0.3 is 0 Å². The molecule has 0 unspecified atom stereocenters. The Labute approximate surface area is 120 Å². The molecule has 1 heterocycles. The Morgan fingerprint density at radius 1 is 1.37 bits per heavy atom. The highest BCUT2D eigenvalue weighted by molar-refractivity contribution is 6.35. The van der Waals surface area contributed by atoms with Crippen molar-refractivity contribution in [3.8, 4) is 5.69 Å². The molecule has 2 aromatic rings. The van der Waals surface area contributed by atoms with Crippen LogP contribution in [0.25, 0.3) is 5.69 Å². The van der Waals surface area contributed by atoms with Crippen molar-refractivity contribution in [2.45, 2.75) is 6.61 Å². The molecule has 0 bridgehead atoms. The summed E-state index contributed by atoms with van der Waals surface area (Å²) in [4.78, 5) is 12.2. The Kier molecular flexibility index (Phi) is 3.89. The van der Waals surface area contributed by atoms with Crippen LogP contribution in [-0.4, -0.2) is 16.5 Å². The number of hydrogen-bond donors (Lipinski definition) is 1. The fraction of sp³-hybridized carbons (Fsp3) is 0.250. The molecule has 102 valence electrons. The van der Waals surface area contributed by atoms with Gasteiger partial charge in [-0.15, -0.1) is 0 Å². The van der Waals surface area contributed by atoms with Crippen molar-refractivity contribution in [1.29, 1.82) is 0 Å². The Morgan fingerprint density at radius 3 is 2.63 bits per heavy atom. The van der Waals surface area contributed by atoms with Gasteiger partial charge in [-0.05, 0) is 18.2 Å². The fourth-order valence-corrected chi connectivity index (χ4v) is 2.39. The van der Waals surface area contributed by atoms with Crippen LogP contribution in [0.2, 0.25) is 10.0 Å². The van der Waals surface area contributed by atoms with E-state index in [9.17, 15) is 4.79 Å². The minimum Gasteiger partial charge on any atom is -0.393 e. The quantitative estimate of drug-likeness (QED) is 0.945. The monoisotopic (exact) mass is 301 g/mol. The molecule has 2 rings (SSSR count). The molecule has 0 aliphatic rings. The first-order chi connectivity index (χ1) is 8.97. The second kappa shape index (κ2) is 5.28. The summed E-state index contributed by atoms with van der Waals surface area (Å²) in [6.07, 6.45) is 0. The normalized spacial score (nSPS) is 10.9. The highest BCUT2D eigenvalue weighted by Gasteiger charge is 2.17. The van der Waals surface area contributed by atoms with E-state index < -0.39 is 0 Å². The summed E-state index contributed by atoms with van der Waals surface area (Å²) in [5.41, 5.74) is 6.74. The van der Waals surface area contributed by atoms with E-state index >= 15 is 0 Å². The first-order valence-corrected chi connectivity index (χ1v) is 6.23. The van der Waals surface area contributed by atoms with Crippen LogP contribution in [0.4, 0.5) is 5.69 Å². The molecule has 1 aromatic carbocycles. The molecular weight excluding hydrogens is 289 g/mol. The van der Waals surface area contributed by atoms with E-state index in [1.54, 1.807) is 29.9 Å². The number of halogens is 2. The van der Waals surface area contributed by atoms with Crippen molar-refractivity contribution in [3.05, 3.63) is 44.3 Å². The van der Waals surface area contributed by atoms with Gasteiger partial charge in [0, 0.05) is 19.2 Å². The number of anilines is 1. The Morgan fingerprint density at radius 2 is 2.05 bits per heavy atom. The van der Waals surface area contributed by atoms with E-state index in [2.05, 4.69) is 0 Å². The van der Waals surface area contributed by atoms with Crippen molar-refractivity contribution >= 4 is 28.9 Å². The number of aromatic nitrogens is 2. The molecule has 0 saturated carbocycles. The molecule has 0 aliphatic carbocycles. The number of methoxy groups -OCH3 is 1. The second-order valence-electron chi connectivity index (χ2n) is 4.03. The lowest BCUT2D eigenvalue weighted by molar-refractivity contribution is 0.177. The van der Waals surface area contributed by atoms with Crippen LogP contribution in [0, 0.1) is 0 Å². The van der Waals surface area contributed by atoms with E-state index in [0.29, 0.717) is 21.4 Å². The average Bonchev–Trinajstić information content (AvgIpc) is 2.55. The van der Waals surface area contributed by atoms with Crippen LogP contribution in [0.3, 0.4) is 0 Å². The van der Waals surface area contributed by atoms with Gasteiger partial charge in [0.05, 0.1) is 23.0 Å². The number of benzene rings is 1. The van der Waals surface area contributed by atoms with Gasteiger partial charge in [0.15, 0.2) is 0 Å². The lowest BCUT2D eigenvalue weighted by Gasteiger charge is -2.11. The van der Waals surface area contributed by atoms with Crippen LogP contribution in [0.1, 0.15) is 5.69 Å². The third-order valence-electron chi connectivity index (χ3n) is 2.84. The van der Waals surface area contributed by atoms with Gasteiger partial charge < -0.3 is 10.5 Å². The molecule has 2 N–H and O–H groups in total. The van der Waals surface area contributed by atoms with Crippen LogP contribution >= 0.6 is 23.2 Å². The smallest absolute Gasteiger partial charge is 0.294 e. The Balaban J connectivity index is 2.69. The summed E-state index contributed by atoms with van der Waals surface area (Å²) in [5.74, 6) is 0. The third-order valence-corrected chi connectivity index (χ3v) is 3.38. The minimum absolute atomic E-state index is 0.148. The maximum Gasteiger partial charge on any atom is 0.294 e. The summed E-state index contributed by atoms with van der Waals surface area (Å²) in [5, 5.41) is 0.875. The SMILES string of the molecule is COCc1c(N)c(=O)n(-c2ccc(Cl)cc2Cl)n1C. The van der Waals surface area contributed by atoms with Crippen molar-refractivity contribution in [2.75, 3.05) is 12.8 Å². The number of rotatable bonds is 3. The number of nitrogens with zero attached hydrogens (tertiary/aromatic N) is 2. The Hall–Kier alpha value is -1.43. The second-order valence-corrected chi connectivity index (χ2v) is 4.87. The van der Waals surface area contributed by atoms with E-state index in [-0.39, 0.29) is 17.9 Å². The highest BCUT2D eigenvalue weighted by Crippen LogP contribution is 2.24. The van der Waals surface area contributed by atoms with E-state index in [1.807, 2.05) is 0 Å². The molecule has 1 aromatic heterocycles. The molecule has 7 heteroatoms. The zero-order valence-corrected chi connectivity index (χ0v) is 12.0. The summed E-state index contributed by atoms with van der Waals surface area (Å²) in [6, 6.07) is 4.90. The summed E-state index contributed by atoms with van der Waals surface area (Å²) in [6.45, 7) is 0.246. The molecule has 0 spiro atoms. The summed E-state index contributed by atoms with van der Waals surface area (Å²) >= 11 is 12.0. The van der Waals surface area contributed by atoms with Crippen LogP contribution < -0.4 is 11.3 Å². The topological polar surface area (TPSA) is 62.2 Å². The van der Waals surface area contributed by atoms with Gasteiger partial charge in [-0.1, -0.05) is 23.2 Å². The van der Waals surface area contributed by atoms with Crippen molar-refractivity contribution < 1.29 is 4.74 Å². The lowest BCUT2D eigenvalue weighted by Crippen LogP contribution is -2.21. The van der Waals surface area contributed by atoms with Gasteiger partial charge in [-0.25, -0.2) is 4.68 Å². The summed E-state index contributed by atoms with van der Waals surface area (Å²) < 4.78 is 8.05. The molecule has 0 amide bonds. The summed E-state index contributed by atoms with van der Waals surface area (Å²) in [7, 11) is 3.26. The first kappa shape index (κ1) is 14.0. The zero-order valence-electron chi connectivity index (χ0n) is 10.5. The van der Waals surface area contributed by atoms with Gasteiger partial charge in [-0.2, -0.15) is 0 Å². The van der Waals surface area contributed by atoms with Crippen molar-refractivity contribution in [1.82, 2.24) is 9.36 Å². The number of ether oxygens (including phenoxy) is 1. The predicted octanol–water partition coefficient (Wildman–Crippen LogP) is 2.21. The van der Waals surface area contributed by atoms with Crippen molar-refractivity contribution in [2.24, 2.45) is 7.05 Å². The predicted molar refractivity (Wildman–Crippen MR) is 76.2 cm³/mol. The first-order valence-electron chi connectivity index (χ1n) is 5.48. The number of nitrogen functional groups attached to an aromatic ring is 1. The van der Waals surface area contributed by atoms with Gasteiger partial charge in [-0.3, -0.25) is 9.48 Å². The maximum absolute atomic E-state index is 12.2. The van der Waals surface area contributed by atoms with Gasteiger partial charge in [0.1, 0.15) is 5.69 Å². The third kappa shape index (κ3) is 2.36. The standard InChI is InChI=1S/C12H13Cl2N3O2/c1-16-10(6-19-2)11(15)12(18)17(16)9-4-3-7(13)5-8(9)14/h3-5H,6,15H2,1-2H3. The molecular formula is C12H13Cl2N3O2. The fourth-order valence-electron chi connectivity index (χ4n) is 1.90. The number of nitrogens with two attached hydrogens (primary N) is 1. The van der Waals surface area contributed by atoms with Crippen LogP contribution in [0.15, 0.2) is 23.0 Å². The molecule has 0 radical (unpaired) electrons. The maximum atomic E-state index is 12.2. The molecule has 5 nitrogen and oxygen atoms in total. The van der Waals surface area contributed by atoms with Gasteiger partial charge in [0.2, 0.25) is 0 Å². The molecule has 19 heavy (non-hydrogen) atoms. The van der Waals surface area contributed by atoms with E-state index in [0.717, 1.165) is 0 Å². The molecule has 0 aliphatic heterocycles. The molecule has 0 atom stereocenters. The average molecular weight is 302 g/mol. The highest BCUT2D eigenvalue weighted by atomic mass is 35.5. The van der Waals surface area contributed by atoms with E-state index in [4.69, 9.17) is 33.7 Å². The van der Waals surface area contributed by atoms with Crippen LogP contribution in [0.5, 0.6) is 0 Å². The lowest BCUT2D eigenvalue weighted by atomic mass is 10.3. The largest absolute Gasteiger partial charge is 0.393 e. The van der Waals surface area contributed by atoms with E-state index in [1.165, 1.54) is 11.8 Å². The minimum atomic E-state index is -0.334.